The van der Waals surface area contributed by atoms with Gasteiger partial charge < -0.3 is 0 Å². The van der Waals surface area contributed by atoms with E-state index >= 15 is 0 Å². The molecule has 1 aromatic carbocycles. The zero-order valence-electron chi connectivity index (χ0n) is 7.31. The van der Waals surface area contributed by atoms with Crippen molar-refractivity contribution in [1.29, 1.82) is 0 Å². The molecule has 2 heterocycles. The number of nitrogens with zero attached hydrogens (tertiary/aromatic N) is 4. The fraction of sp³-hybridized carbons (Fsp3) is 0. The number of rotatable bonds is 1. The van der Waals surface area contributed by atoms with Crippen LogP contribution in [0.1, 0.15) is 0 Å². The zero-order chi connectivity index (χ0) is 9.54. The molecule has 0 N–H and O–H groups in total. The van der Waals surface area contributed by atoms with Gasteiger partial charge in [0, 0.05) is 0 Å². The van der Waals surface area contributed by atoms with Crippen LogP contribution in [0.4, 0.5) is 11.4 Å². The van der Waals surface area contributed by atoms with Gasteiger partial charge in [0.15, 0.2) is 5.84 Å². The first kappa shape index (κ1) is 7.32. The summed E-state index contributed by atoms with van der Waals surface area (Å²) in [6.45, 7) is 3.63. The highest BCUT2D eigenvalue weighted by molar-refractivity contribution is 5.98. The summed E-state index contributed by atoms with van der Waals surface area (Å²) in [5.74, 6) is 0.635. The van der Waals surface area contributed by atoms with Gasteiger partial charge in [0.05, 0.1) is 10.7 Å². The Labute approximate surface area is 79.8 Å². The molecule has 0 aromatic heterocycles. The van der Waals surface area contributed by atoms with Gasteiger partial charge in [0.1, 0.15) is 17.7 Å². The van der Waals surface area contributed by atoms with Crippen molar-refractivity contribution in [3.05, 3.63) is 35.5 Å². The number of benzene rings is 1. The van der Waals surface area contributed by atoms with Crippen molar-refractivity contribution in [1.82, 2.24) is 0 Å². The molecule has 0 bridgehead atoms. The maximum atomic E-state index is 4.30. The van der Waals surface area contributed by atoms with E-state index in [1.54, 1.807) is 6.08 Å². The largest absolute Gasteiger partial charge is 0.235 e. The molecule has 0 amide bonds. The molecule has 2 aliphatic heterocycles. The van der Waals surface area contributed by atoms with Crippen molar-refractivity contribution in [3.63, 3.8) is 0 Å². The van der Waals surface area contributed by atoms with Crippen molar-refractivity contribution in [2.45, 2.75) is 0 Å². The van der Waals surface area contributed by atoms with Crippen LogP contribution in [0.2, 0.25) is 0 Å². The van der Waals surface area contributed by atoms with E-state index in [1.807, 2.05) is 12.1 Å². The molecular weight excluding hydrogens is 176 g/mol. The summed E-state index contributed by atoms with van der Waals surface area (Å²) in [4.78, 5) is 16.8. The SMILES string of the molecule is C=CC1=Nc2c3c(ccc2=N1)=NC=N3. The maximum absolute atomic E-state index is 4.30. The van der Waals surface area contributed by atoms with Gasteiger partial charge in [0.2, 0.25) is 0 Å². The van der Waals surface area contributed by atoms with Crippen molar-refractivity contribution in [2.24, 2.45) is 20.0 Å². The highest BCUT2D eigenvalue weighted by Gasteiger charge is 2.13. The van der Waals surface area contributed by atoms with Crippen LogP contribution < -0.4 is 10.7 Å². The van der Waals surface area contributed by atoms with Gasteiger partial charge in [-0.05, 0) is 18.2 Å². The fourth-order valence-corrected chi connectivity index (χ4v) is 1.49. The van der Waals surface area contributed by atoms with Gasteiger partial charge in [-0.2, -0.15) is 0 Å². The second-order valence-corrected chi connectivity index (χ2v) is 2.96. The number of hydrogen-bond acceptors (Lipinski definition) is 4. The summed E-state index contributed by atoms with van der Waals surface area (Å²) in [5.41, 5.74) is 1.61. The monoisotopic (exact) mass is 182 g/mol. The minimum Gasteiger partial charge on any atom is -0.235 e. The molecule has 0 unspecified atom stereocenters. The van der Waals surface area contributed by atoms with E-state index in [1.165, 1.54) is 6.34 Å². The summed E-state index contributed by atoms with van der Waals surface area (Å²) >= 11 is 0. The molecule has 1 aromatic rings. The third kappa shape index (κ3) is 0.821. The number of aliphatic imine (C=N–C) groups is 2. The van der Waals surface area contributed by atoms with Crippen LogP contribution in [-0.2, 0) is 0 Å². The van der Waals surface area contributed by atoms with Crippen LogP contribution in [0, 0.1) is 0 Å². The summed E-state index contributed by atoms with van der Waals surface area (Å²) in [5, 5.41) is 1.70. The molecule has 0 radical (unpaired) electrons. The first-order valence-electron chi connectivity index (χ1n) is 4.22. The maximum Gasteiger partial charge on any atom is 0.152 e. The zero-order valence-corrected chi connectivity index (χ0v) is 7.31. The van der Waals surface area contributed by atoms with Gasteiger partial charge in [0.25, 0.3) is 0 Å². The summed E-state index contributed by atoms with van der Waals surface area (Å²) in [6.07, 6.45) is 3.16. The standard InChI is InChI=1S/C10H6N4/c1-2-8-13-7-4-3-6-9(10(7)14-8)12-5-11-6/h2-5H,1H2. The lowest BCUT2D eigenvalue weighted by Crippen LogP contribution is -2.06. The van der Waals surface area contributed by atoms with Crippen LogP contribution >= 0.6 is 0 Å². The molecule has 2 aliphatic rings. The number of hydrogen-bond donors (Lipinski definition) is 0. The summed E-state index contributed by atoms with van der Waals surface area (Å²) < 4.78 is 0. The van der Waals surface area contributed by atoms with Crippen LogP contribution in [0.15, 0.2) is 44.8 Å². The molecule has 0 saturated heterocycles. The lowest BCUT2D eigenvalue weighted by atomic mass is 10.2. The summed E-state index contributed by atoms with van der Waals surface area (Å²) in [6, 6.07) is 3.79. The normalized spacial score (nSPS) is 15.3. The van der Waals surface area contributed by atoms with E-state index in [0.29, 0.717) is 5.84 Å². The lowest BCUT2D eigenvalue weighted by molar-refractivity contribution is 1.37. The van der Waals surface area contributed by atoms with Crippen LogP contribution in [0.3, 0.4) is 0 Å². The van der Waals surface area contributed by atoms with E-state index in [4.69, 9.17) is 0 Å². The average molecular weight is 182 g/mol. The Morgan fingerprint density at radius 1 is 1.07 bits per heavy atom. The van der Waals surface area contributed by atoms with Crippen molar-refractivity contribution < 1.29 is 0 Å². The molecule has 4 nitrogen and oxygen atoms in total. The predicted molar refractivity (Wildman–Crippen MR) is 54.2 cm³/mol. The Morgan fingerprint density at radius 2 is 1.93 bits per heavy atom. The quantitative estimate of drug-likeness (QED) is 0.617. The molecule has 4 heteroatoms. The predicted octanol–water partition coefficient (Wildman–Crippen LogP) is 0.829. The lowest BCUT2D eigenvalue weighted by Gasteiger charge is -1.92. The Bertz CT molecular complexity index is 608. The minimum absolute atomic E-state index is 0.635. The average Bonchev–Trinajstić information content (AvgIpc) is 2.82. The van der Waals surface area contributed by atoms with Gasteiger partial charge in [-0.15, -0.1) is 0 Å². The second-order valence-electron chi connectivity index (χ2n) is 2.96. The van der Waals surface area contributed by atoms with E-state index < -0.39 is 0 Å². The van der Waals surface area contributed by atoms with Crippen LogP contribution in [0.25, 0.3) is 0 Å². The van der Waals surface area contributed by atoms with E-state index in [9.17, 15) is 0 Å². The molecule has 0 fully saturated rings. The molecule has 0 atom stereocenters. The topological polar surface area (TPSA) is 49.4 Å². The van der Waals surface area contributed by atoms with Crippen molar-refractivity contribution in [2.75, 3.05) is 0 Å². The van der Waals surface area contributed by atoms with Gasteiger partial charge in [-0.25, -0.2) is 20.0 Å². The highest BCUT2D eigenvalue weighted by atomic mass is 15.0. The van der Waals surface area contributed by atoms with E-state index in [2.05, 4.69) is 26.5 Å². The Balaban J connectivity index is 2.41. The molecular formula is C10H6N4. The van der Waals surface area contributed by atoms with Crippen molar-refractivity contribution >= 4 is 23.5 Å². The van der Waals surface area contributed by atoms with E-state index in [0.717, 1.165) is 22.1 Å². The smallest absolute Gasteiger partial charge is 0.152 e. The number of amidine groups is 1. The second kappa shape index (κ2) is 2.45. The van der Waals surface area contributed by atoms with Gasteiger partial charge in [-0.3, -0.25) is 0 Å². The van der Waals surface area contributed by atoms with Gasteiger partial charge in [-0.1, -0.05) is 6.58 Å². The first-order valence-corrected chi connectivity index (χ1v) is 4.22. The van der Waals surface area contributed by atoms with E-state index in [-0.39, 0.29) is 0 Å². The Hall–Kier alpha value is -2.10. The summed E-state index contributed by atoms with van der Waals surface area (Å²) in [7, 11) is 0. The molecule has 0 aliphatic carbocycles. The Morgan fingerprint density at radius 3 is 2.79 bits per heavy atom. The number of fused-ring (bicyclic) bond motifs is 3. The third-order valence-corrected chi connectivity index (χ3v) is 2.14. The third-order valence-electron chi connectivity index (χ3n) is 2.14. The van der Waals surface area contributed by atoms with Crippen molar-refractivity contribution in [3.8, 4) is 0 Å². The highest BCUT2D eigenvalue weighted by Crippen LogP contribution is 2.23. The molecule has 3 rings (SSSR count). The minimum atomic E-state index is 0.635. The molecule has 0 saturated carbocycles. The first-order chi connectivity index (χ1) is 6.88. The molecule has 14 heavy (non-hydrogen) atoms. The van der Waals surface area contributed by atoms with Gasteiger partial charge >= 0.3 is 0 Å². The fourth-order valence-electron chi connectivity index (χ4n) is 1.49. The Kier molecular flexibility index (Phi) is 1.28. The van der Waals surface area contributed by atoms with Crippen LogP contribution in [-0.4, -0.2) is 12.2 Å². The van der Waals surface area contributed by atoms with Crippen LogP contribution in [0.5, 0.6) is 0 Å². The molecule has 0 spiro atoms. The molecule has 66 valence electrons.